The van der Waals surface area contributed by atoms with Crippen molar-refractivity contribution in [3.05, 3.63) is 77.9 Å². The maximum Gasteiger partial charge on any atom is 0.261 e. The number of sulfonamides is 1. The van der Waals surface area contributed by atoms with Gasteiger partial charge in [0.1, 0.15) is 5.75 Å². The van der Waals surface area contributed by atoms with Crippen molar-refractivity contribution in [2.75, 3.05) is 16.7 Å². The summed E-state index contributed by atoms with van der Waals surface area (Å²) in [6, 6.07) is 18.8. The molecule has 0 fully saturated rings. The van der Waals surface area contributed by atoms with Crippen LogP contribution in [0, 0.1) is 0 Å². The zero-order valence-corrected chi connectivity index (χ0v) is 17.6. The van der Waals surface area contributed by atoms with E-state index in [0.29, 0.717) is 22.9 Å². The fourth-order valence-corrected chi connectivity index (χ4v) is 4.47. The lowest BCUT2D eigenvalue weighted by molar-refractivity contribution is 0.0993. The number of aryl methyl sites for hydroxylation is 1. The van der Waals surface area contributed by atoms with Crippen LogP contribution in [0.5, 0.6) is 11.5 Å². The van der Waals surface area contributed by atoms with Gasteiger partial charge in [0.05, 0.1) is 16.1 Å². The number of rotatable bonds is 5. The molecule has 30 heavy (non-hydrogen) atoms. The Balaban J connectivity index is 1.64. The minimum Gasteiger partial charge on any atom is -0.454 e. The number of carbonyl (C=O) groups excluding carboxylic acids is 1. The van der Waals surface area contributed by atoms with Crippen LogP contribution >= 0.6 is 0 Å². The number of benzene rings is 3. The van der Waals surface area contributed by atoms with Crippen LogP contribution in [0.25, 0.3) is 0 Å². The summed E-state index contributed by atoms with van der Waals surface area (Å²) in [4.78, 5) is 14.6. The van der Waals surface area contributed by atoms with E-state index in [1.807, 2.05) is 24.3 Å². The Labute approximate surface area is 176 Å². The molecule has 1 aliphatic heterocycles. The van der Waals surface area contributed by atoms with Gasteiger partial charge in [-0.15, -0.1) is 0 Å². The first-order chi connectivity index (χ1) is 14.4. The van der Waals surface area contributed by atoms with E-state index in [9.17, 15) is 13.2 Å². The van der Waals surface area contributed by atoms with E-state index in [4.69, 9.17) is 4.74 Å². The van der Waals surface area contributed by atoms with Gasteiger partial charge in [0, 0.05) is 12.7 Å². The van der Waals surface area contributed by atoms with Gasteiger partial charge >= 0.3 is 0 Å². The predicted molar refractivity (Wildman–Crippen MR) is 117 cm³/mol. The van der Waals surface area contributed by atoms with Crippen molar-refractivity contribution >= 4 is 27.3 Å². The fraction of sp³-hybridized carbons (Fsp3) is 0.174. The summed E-state index contributed by atoms with van der Waals surface area (Å²) in [5.41, 5.74) is 2.31. The lowest BCUT2D eigenvalue weighted by Crippen LogP contribution is -2.25. The van der Waals surface area contributed by atoms with Crippen LogP contribution in [0.2, 0.25) is 0 Å². The number of fused-ring (bicyclic) bond motifs is 2. The van der Waals surface area contributed by atoms with E-state index in [2.05, 4.69) is 11.6 Å². The van der Waals surface area contributed by atoms with Gasteiger partial charge in [-0.25, -0.2) is 8.42 Å². The Kier molecular flexibility index (Phi) is 5.22. The number of carbonyl (C=O) groups is 1. The molecule has 154 valence electrons. The van der Waals surface area contributed by atoms with E-state index >= 15 is 0 Å². The minimum atomic E-state index is -3.78. The zero-order valence-electron chi connectivity index (χ0n) is 16.8. The van der Waals surface area contributed by atoms with Crippen molar-refractivity contribution in [1.82, 2.24) is 0 Å². The van der Waals surface area contributed by atoms with Crippen LogP contribution in [0.3, 0.4) is 0 Å². The van der Waals surface area contributed by atoms with Crippen LogP contribution in [0.1, 0.15) is 29.3 Å². The fourth-order valence-electron chi connectivity index (χ4n) is 3.42. The lowest BCUT2D eigenvalue weighted by atomic mass is 10.1. The molecule has 7 heteroatoms. The molecular weight excluding hydrogens is 400 g/mol. The molecule has 0 radical (unpaired) electrons. The van der Waals surface area contributed by atoms with Crippen LogP contribution in [0.4, 0.5) is 11.4 Å². The van der Waals surface area contributed by atoms with E-state index in [1.165, 1.54) is 11.0 Å². The topological polar surface area (TPSA) is 75.7 Å². The minimum absolute atomic E-state index is 0.171. The van der Waals surface area contributed by atoms with Crippen LogP contribution < -0.4 is 14.4 Å². The molecular formula is C23H22N2O4S. The second kappa shape index (κ2) is 7.84. The predicted octanol–water partition coefficient (Wildman–Crippen LogP) is 4.82. The molecule has 3 aromatic carbocycles. The standard InChI is InChI=1S/C23H22N2O4S/c1-3-6-16-9-12-18(13-10-16)30(27,28)24-17-11-14-21-19(15-17)23(26)25(2)20-7-4-5-8-22(20)29-21/h4-5,7-15,24H,3,6H2,1-2H3. The SMILES string of the molecule is CCCc1ccc(S(=O)(=O)Nc2ccc3c(c2)C(=O)N(C)c2ccccc2O3)cc1. The second-order valence-corrected chi connectivity index (χ2v) is 8.83. The molecule has 0 spiro atoms. The Morgan fingerprint density at radius 2 is 1.70 bits per heavy atom. The van der Waals surface area contributed by atoms with E-state index in [1.54, 1.807) is 43.4 Å². The summed E-state index contributed by atoms with van der Waals surface area (Å²) >= 11 is 0. The Bertz CT molecular complexity index is 1200. The van der Waals surface area contributed by atoms with Gasteiger partial charge in [0.15, 0.2) is 5.75 Å². The number of para-hydroxylation sites is 2. The van der Waals surface area contributed by atoms with Gasteiger partial charge in [-0.3, -0.25) is 9.52 Å². The third-order valence-electron chi connectivity index (χ3n) is 4.99. The summed E-state index contributed by atoms with van der Waals surface area (Å²) in [7, 11) is -2.12. The van der Waals surface area contributed by atoms with Crippen molar-refractivity contribution in [2.24, 2.45) is 0 Å². The zero-order chi connectivity index (χ0) is 21.3. The third-order valence-corrected chi connectivity index (χ3v) is 6.38. The van der Waals surface area contributed by atoms with E-state index < -0.39 is 10.0 Å². The Hall–Kier alpha value is -3.32. The molecule has 0 aromatic heterocycles. The molecule has 0 bridgehead atoms. The van der Waals surface area contributed by atoms with Gasteiger partial charge in [-0.2, -0.15) is 0 Å². The number of hydrogen-bond acceptors (Lipinski definition) is 4. The lowest BCUT2D eigenvalue weighted by Gasteiger charge is -2.16. The van der Waals surface area contributed by atoms with Crippen molar-refractivity contribution in [1.29, 1.82) is 0 Å². The number of nitrogens with one attached hydrogen (secondary N) is 1. The number of ether oxygens (including phenoxy) is 1. The van der Waals surface area contributed by atoms with Crippen molar-refractivity contribution < 1.29 is 17.9 Å². The van der Waals surface area contributed by atoms with Gasteiger partial charge in [0.2, 0.25) is 0 Å². The number of nitrogens with zero attached hydrogens (tertiary/aromatic N) is 1. The number of amides is 1. The summed E-state index contributed by atoms with van der Waals surface area (Å²) < 4.78 is 34.1. The van der Waals surface area contributed by atoms with Crippen LogP contribution in [-0.2, 0) is 16.4 Å². The van der Waals surface area contributed by atoms with Gasteiger partial charge in [0.25, 0.3) is 15.9 Å². The molecule has 1 N–H and O–H groups in total. The van der Waals surface area contributed by atoms with Gasteiger partial charge in [-0.05, 0) is 54.4 Å². The molecule has 1 heterocycles. The van der Waals surface area contributed by atoms with E-state index in [-0.39, 0.29) is 16.4 Å². The van der Waals surface area contributed by atoms with Crippen molar-refractivity contribution in [2.45, 2.75) is 24.7 Å². The average Bonchev–Trinajstić information content (AvgIpc) is 2.84. The molecule has 1 amide bonds. The second-order valence-electron chi connectivity index (χ2n) is 7.14. The van der Waals surface area contributed by atoms with Gasteiger partial charge in [-0.1, -0.05) is 37.6 Å². The maximum absolute atomic E-state index is 13.0. The smallest absolute Gasteiger partial charge is 0.261 e. The maximum atomic E-state index is 13.0. The average molecular weight is 423 g/mol. The number of hydrogen-bond donors (Lipinski definition) is 1. The summed E-state index contributed by atoms with van der Waals surface area (Å²) in [6.45, 7) is 2.07. The molecule has 1 aliphatic rings. The first kappa shape index (κ1) is 20.0. The molecule has 0 saturated carbocycles. The molecule has 3 aromatic rings. The first-order valence-electron chi connectivity index (χ1n) is 9.70. The monoisotopic (exact) mass is 422 g/mol. The summed E-state index contributed by atoms with van der Waals surface area (Å²) in [6.07, 6.45) is 1.89. The highest BCUT2D eigenvalue weighted by Crippen LogP contribution is 2.39. The van der Waals surface area contributed by atoms with E-state index in [0.717, 1.165) is 18.4 Å². The van der Waals surface area contributed by atoms with Gasteiger partial charge < -0.3 is 9.64 Å². The largest absolute Gasteiger partial charge is 0.454 e. The molecule has 0 unspecified atom stereocenters. The molecule has 6 nitrogen and oxygen atoms in total. The highest BCUT2D eigenvalue weighted by molar-refractivity contribution is 7.92. The molecule has 0 aliphatic carbocycles. The quantitative estimate of drug-likeness (QED) is 0.639. The molecule has 0 saturated heterocycles. The van der Waals surface area contributed by atoms with Crippen LogP contribution in [0.15, 0.2) is 71.6 Å². The van der Waals surface area contributed by atoms with Crippen molar-refractivity contribution in [3.8, 4) is 11.5 Å². The normalized spacial score (nSPS) is 13.1. The third kappa shape index (κ3) is 3.76. The Morgan fingerprint density at radius 3 is 2.43 bits per heavy atom. The molecule has 0 atom stereocenters. The van der Waals surface area contributed by atoms with Crippen LogP contribution in [-0.4, -0.2) is 21.4 Å². The highest BCUT2D eigenvalue weighted by atomic mass is 32.2. The number of anilines is 2. The highest BCUT2D eigenvalue weighted by Gasteiger charge is 2.26. The summed E-state index contributed by atoms with van der Waals surface area (Å²) in [5.74, 6) is 0.663. The molecule has 4 rings (SSSR count). The van der Waals surface area contributed by atoms with Crippen molar-refractivity contribution in [3.63, 3.8) is 0 Å². The summed E-state index contributed by atoms with van der Waals surface area (Å²) in [5, 5.41) is 0. The first-order valence-corrected chi connectivity index (χ1v) is 11.2. The Morgan fingerprint density at radius 1 is 0.967 bits per heavy atom.